The number of hydrogen-bond acceptors (Lipinski definition) is 2. The van der Waals surface area contributed by atoms with Gasteiger partial charge in [-0.1, -0.05) is 43.2 Å². The lowest BCUT2D eigenvalue weighted by Gasteiger charge is -2.13. The molecule has 2 aromatic rings. The first kappa shape index (κ1) is 10.7. The van der Waals surface area contributed by atoms with Crippen molar-refractivity contribution in [1.29, 1.82) is 0 Å². The molecule has 0 atom stereocenters. The van der Waals surface area contributed by atoms with Crippen molar-refractivity contribution in [3.05, 3.63) is 35.1 Å². The Hall–Kier alpha value is -1.42. The molecule has 0 bridgehead atoms. The van der Waals surface area contributed by atoms with Crippen molar-refractivity contribution < 1.29 is 0 Å². The molecule has 1 saturated carbocycles. The second-order valence-corrected chi connectivity index (χ2v) is 4.91. The van der Waals surface area contributed by atoms with Gasteiger partial charge in [0.2, 0.25) is 0 Å². The van der Waals surface area contributed by atoms with E-state index in [0.717, 1.165) is 16.2 Å². The summed E-state index contributed by atoms with van der Waals surface area (Å²) in [4.78, 5) is 0. The molecule has 1 aliphatic rings. The maximum absolute atomic E-state index is 5.35. The van der Waals surface area contributed by atoms with Crippen LogP contribution in [0.1, 0.15) is 31.7 Å². The van der Waals surface area contributed by atoms with E-state index < -0.39 is 0 Å². The summed E-state index contributed by atoms with van der Waals surface area (Å²) < 4.78 is 2.94. The second-order valence-electron chi connectivity index (χ2n) is 4.53. The van der Waals surface area contributed by atoms with E-state index in [-0.39, 0.29) is 0 Å². The minimum atomic E-state index is 0.524. The number of benzene rings is 1. The van der Waals surface area contributed by atoms with Gasteiger partial charge in [0.05, 0.1) is 0 Å². The van der Waals surface area contributed by atoms with Crippen LogP contribution in [0.2, 0.25) is 0 Å². The highest BCUT2D eigenvalue weighted by Crippen LogP contribution is 2.32. The van der Waals surface area contributed by atoms with Crippen LogP contribution in [0.15, 0.2) is 30.3 Å². The molecular weight excluding hydrogens is 230 g/mol. The third kappa shape index (κ3) is 1.93. The number of rotatable bonds is 2. The van der Waals surface area contributed by atoms with Gasteiger partial charge in [-0.2, -0.15) is 5.10 Å². The van der Waals surface area contributed by atoms with Gasteiger partial charge in [0, 0.05) is 11.6 Å². The molecule has 3 rings (SSSR count). The Morgan fingerprint density at radius 1 is 1.18 bits per heavy atom. The zero-order chi connectivity index (χ0) is 11.7. The number of hydrogen-bond donors (Lipinski definition) is 1. The zero-order valence-corrected chi connectivity index (χ0v) is 10.4. The summed E-state index contributed by atoms with van der Waals surface area (Å²) in [5.74, 6) is 0.975. The monoisotopic (exact) mass is 245 g/mol. The van der Waals surface area contributed by atoms with Crippen LogP contribution in [0.25, 0.3) is 11.4 Å². The van der Waals surface area contributed by atoms with Gasteiger partial charge in [-0.25, -0.2) is 0 Å². The highest BCUT2D eigenvalue weighted by Gasteiger charge is 2.21. The molecule has 1 heterocycles. The molecule has 0 spiro atoms. The first-order chi connectivity index (χ1) is 8.36. The molecule has 1 aliphatic carbocycles. The fourth-order valence-corrected chi connectivity index (χ4v) is 2.88. The number of nitrogens with zero attached hydrogens (tertiary/aromatic N) is 2. The van der Waals surface area contributed by atoms with Crippen molar-refractivity contribution in [1.82, 2.24) is 14.8 Å². The average Bonchev–Trinajstić information content (AvgIpc) is 2.99. The first-order valence-electron chi connectivity index (χ1n) is 6.08. The molecule has 88 valence electrons. The van der Waals surface area contributed by atoms with Gasteiger partial charge in [-0.15, -0.1) is 0 Å². The van der Waals surface area contributed by atoms with Crippen molar-refractivity contribution in [2.24, 2.45) is 0 Å². The van der Waals surface area contributed by atoms with Crippen molar-refractivity contribution >= 4 is 12.2 Å². The quantitative estimate of drug-likeness (QED) is 0.818. The van der Waals surface area contributed by atoms with E-state index in [1.807, 2.05) is 18.2 Å². The maximum atomic E-state index is 5.35. The van der Waals surface area contributed by atoms with E-state index in [2.05, 4.69) is 26.9 Å². The van der Waals surface area contributed by atoms with Gasteiger partial charge < -0.3 is 0 Å². The van der Waals surface area contributed by atoms with Crippen molar-refractivity contribution in [2.45, 2.75) is 31.7 Å². The van der Waals surface area contributed by atoms with Crippen molar-refractivity contribution in [2.75, 3.05) is 0 Å². The third-order valence-electron chi connectivity index (χ3n) is 3.43. The van der Waals surface area contributed by atoms with Crippen LogP contribution >= 0.6 is 12.2 Å². The number of aromatic amines is 1. The molecule has 0 unspecified atom stereocenters. The first-order valence-corrected chi connectivity index (χ1v) is 6.49. The smallest absolute Gasteiger partial charge is 0.195 e. The molecular formula is C13H15N3S. The number of H-pyrrole nitrogens is 1. The zero-order valence-electron chi connectivity index (χ0n) is 9.60. The van der Waals surface area contributed by atoms with E-state index in [1.54, 1.807) is 0 Å². The van der Waals surface area contributed by atoms with Crippen molar-refractivity contribution in [3.8, 4) is 11.4 Å². The summed E-state index contributed by atoms with van der Waals surface area (Å²) in [7, 11) is 0. The fourth-order valence-electron chi connectivity index (χ4n) is 2.60. The van der Waals surface area contributed by atoms with Crippen LogP contribution in [-0.2, 0) is 0 Å². The summed E-state index contributed by atoms with van der Waals surface area (Å²) in [5.41, 5.74) is 1.13. The van der Waals surface area contributed by atoms with E-state index in [9.17, 15) is 0 Å². The van der Waals surface area contributed by atoms with Gasteiger partial charge in [-0.3, -0.25) is 9.67 Å². The van der Waals surface area contributed by atoms with Gasteiger partial charge in [0.15, 0.2) is 10.6 Å². The molecule has 0 aliphatic heterocycles. The third-order valence-corrected chi connectivity index (χ3v) is 3.71. The molecule has 0 saturated heterocycles. The Balaban J connectivity index is 2.09. The molecule has 1 fully saturated rings. The minimum Gasteiger partial charge on any atom is -0.297 e. The summed E-state index contributed by atoms with van der Waals surface area (Å²) in [5, 5.41) is 7.30. The molecule has 4 heteroatoms. The van der Waals surface area contributed by atoms with E-state index in [4.69, 9.17) is 12.2 Å². The maximum Gasteiger partial charge on any atom is 0.195 e. The van der Waals surface area contributed by atoms with Gasteiger partial charge >= 0.3 is 0 Å². The SMILES string of the molecule is S=c1[nH]nc(-c2ccccc2)n1C1CCCC1. The number of aromatic nitrogens is 3. The lowest BCUT2D eigenvalue weighted by Crippen LogP contribution is -2.06. The fraction of sp³-hybridized carbons (Fsp3) is 0.385. The largest absolute Gasteiger partial charge is 0.297 e. The Labute approximate surface area is 105 Å². The Morgan fingerprint density at radius 2 is 1.88 bits per heavy atom. The van der Waals surface area contributed by atoms with Gasteiger partial charge in [0.25, 0.3) is 0 Å². The number of nitrogens with one attached hydrogen (secondary N) is 1. The highest BCUT2D eigenvalue weighted by molar-refractivity contribution is 7.71. The van der Waals surface area contributed by atoms with Crippen LogP contribution in [0.5, 0.6) is 0 Å². The Kier molecular flexibility index (Phi) is 2.81. The molecule has 3 nitrogen and oxygen atoms in total. The Morgan fingerprint density at radius 3 is 2.59 bits per heavy atom. The van der Waals surface area contributed by atoms with Crippen LogP contribution < -0.4 is 0 Å². The molecule has 1 N–H and O–H groups in total. The van der Waals surface area contributed by atoms with Crippen LogP contribution in [0.4, 0.5) is 0 Å². The summed E-state index contributed by atoms with van der Waals surface area (Å²) in [6.45, 7) is 0. The molecule has 0 amide bonds. The van der Waals surface area contributed by atoms with Crippen LogP contribution in [0, 0.1) is 4.77 Å². The molecule has 1 aromatic carbocycles. The lowest BCUT2D eigenvalue weighted by molar-refractivity contribution is 0.516. The van der Waals surface area contributed by atoms with Crippen LogP contribution in [-0.4, -0.2) is 14.8 Å². The predicted molar refractivity (Wildman–Crippen MR) is 70.4 cm³/mol. The summed E-state index contributed by atoms with van der Waals surface area (Å²) in [6.07, 6.45) is 5.03. The summed E-state index contributed by atoms with van der Waals surface area (Å²) in [6, 6.07) is 10.8. The average molecular weight is 245 g/mol. The van der Waals surface area contributed by atoms with Gasteiger partial charge in [0.1, 0.15) is 0 Å². The lowest BCUT2D eigenvalue weighted by atomic mass is 10.2. The minimum absolute atomic E-state index is 0.524. The normalized spacial score (nSPS) is 16.5. The summed E-state index contributed by atoms with van der Waals surface area (Å²) >= 11 is 5.35. The van der Waals surface area contributed by atoms with Crippen LogP contribution in [0.3, 0.4) is 0 Å². The van der Waals surface area contributed by atoms with Crippen molar-refractivity contribution in [3.63, 3.8) is 0 Å². The highest BCUT2D eigenvalue weighted by atomic mass is 32.1. The topological polar surface area (TPSA) is 33.6 Å². The van der Waals surface area contributed by atoms with E-state index >= 15 is 0 Å². The molecule has 1 aromatic heterocycles. The standard InChI is InChI=1S/C13H15N3S/c17-13-15-14-12(10-6-2-1-3-7-10)16(13)11-8-4-5-9-11/h1-3,6-7,11H,4-5,8-9H2,(H,15,17). The van der Waals surface area contributed by atoms with Gasteiger partial charge in [-0.05, 0) is 25.1 Å². The Bertz CT molecular complexity index is 550. The molecule has 0 radical (unpaired) electrons. The van der Waals surface area contributed by atoms with E-state index in [0.29, 0.717) is 6.04 Å². The van der Waals surface area contributed by atoms with E-state index in [1.165, 1.54) is 25.7 Å². The predicted octanol–water partition coefficient (Wildman–Crippen LogP) is 3.72. The second kappa shape index (κ2) is 4.45. The molecule has 17 heavy (non-hydrogen) atoms.